The SMILES string of the molecule is CCC[CH2][Sn]([CH2]CCC)([CH2]CCC)[c]1ncccc1N. The van der Waals surface area contributed by atoms with E-state index in [0.29, 0.717) is 0 Å². The first-order chi connectivity index (χ1) is 9.70. The van der Waals surface area contributed by atoms with Gasteiger partial charge in [0.15, 0.2) is 0 Å². The number of hydrogen-bond donors (Lipinski definition) is 1. The average Bonchev–Trinajstić information content (AvgIpc) is 2.48. The minimum absolute atomic E-state index is 0.978. The molecule has 0 aliphatic carbocycles. The first kappa shape index (κ1) is 17.8. The molecule has 1 aromatic rings. The van der Waals surface area contributed by atoms with Gasteiger partial charge in [0.05, 0.1) is 0 Å². The van der Waals surface area contributed by atoms with E-state index in [4.69, 9.17) is 10.7 Å². The summed E-state index contributed by atoms with van der Waals surface area (Å²) in [4.78, 5) is 4.78. The molecule has 0 unspecified atom stereocenters. The Morgan fingerprint density at radius 2 is 1.45 bits per heavy atom. The Kier molecular flexibility index (Phi) is 8.58. The van der Waals surface area contributed by atoms with Crippen molar-refractivity contribution >= 4 is 27.8 Å². The summed E-state index contributed by atoms with van der Waals surface area (Å²) < 4.78 is 5.68. The molecule has 0 radical (unpaired) electrons. The zero-order valence-corrected chi connectivity index (χ0v) is 16.5. The molecule has 0 saturated carbocycles. The third-order valence-corrected chi connectivity index (χ3v) is 19.6. The maximum absolute atomic E-state index is 6.31. The van der Waals surface area contributed by atoms with Crippen molar-refractivity contribution in [1.29, 1.82) is 0 Å². The predicted molar refractivity (Wildman–Crippen MR) is 93.2 cm³/mol. The first-order valence-electron chi connectivity index (χ1n) is 8.41. The van der Waals surface area contributed by atoms with E-state index in [1.54, 1.807) is 0 Å². The maximum atomic E-state index is 6.31. The van der Waals surface area contributed by atoms with Crippen LogP contribution in [0.4, 0.5) is 5.69 Å². The number of hydrogen-bond acceptors (Lipinski definition) is 2. The second kappa shape index (κ2) is 9.64. The molecule has 0 amide bonds. The molecule has 3 heteroatoms. The fourth-order valence-corrected chi connectivity index (χ4v) is 19.1. The Morgan fingerprint density at radius 3 is 1.85 bits per heavy atom. The third kappa shape index (κ3) is 4.94. The van der Waals surface area contributed by atoms with E-state index < -0.39 is 18.4 Å². The zero-order valence-electron chi connectivity index (χ0n) is 13.6. The van der Waals surface area contributed by atoms with Crippen molar-refractivity contribution in [3.8, 4) is 0 Å². The summed E-state index contributed by atoms with van der Waals surface area (Å²) in [5, 5.41) is 0. The molecule has 0 bridgehead atoms. The quantitative estimate of drug-likeness (QED) is 0.594. The van der Waals surface area contributed by atoms with Crippen molar-refractivity contribution in [3.05, 3.63) is 18.3 Å². The van der Waals surface area contributed by atoms with Crippen molar-refractivity contribution in [2.24, 2.45) is 0 Å². The van der Waals surface area contributed by atoms with Crippen LogP contribution < -0.4 is 9.44 Å². The van der Waals surface area contributed by atoms with Crippen LogP contribution in [0.2, 0.25) is 13.3 Å². The van der Waals surface area contributed by atoms with Gasteiger partial charge in [-0.25, -0.2) is 0 Å². The molecule has 20 heavy (non-hydrogen) atoms. The molecule has 0 saturated heterocycles. The number of nitrogens with two attached hydrogens (primary N) is 1. The summed E-state index contributed by atoms with van der Waals surface area (Å²) in [6.07, 6.45) is 9.93. The van der Waals surface area contributed by atoms with Gasteiger partial charge in [-0.2, -0.15) is 0 Å². The van der Waals surface area contributed by atoms with Gasteiger partial charge in [-0.1, -0.05) is 0 Å². The fraction of sp³-hybridized carbons (Fsp3) is 0.706. The van der Waals surface area contributed by atoms with Crippen LogP contribution >= 0.6 is 0 Å². The number of nitrogen functional groups attached to an aromatic ring is 1. The first-order valence-corrected chi connectivity index (χ1v) is 15.9. The molecule has 0 atom stereocenters. The molecular formula is C17H32N2Sn. The van der Waals surface area contributed by atoms with Gasteiger partial charge in [-0.3, -0.25) is 0 Å². The van der Waals surface area contributed by atoms with E-state index in [-0.39, 0.29) is 0 Å². The summed E-state index contributed by atoms with van der Waals surface area (Å²) >= 11 is -2.39. The summed E-state index contributed by atoms with van der Waals surface area (Å²) in [6.45, 7) is 6.91. The summed E-state index contributed by atoms with van der Waals surface area (Å²) in [6, 6.07) is 4.05. The molecule has 114 valence electrons. The van der Waals surface area contributed by atoms with E-state index >= 15 is 0 Å². The predicted octanol–water partition coefficient (Wildman–Crippen LogP) is 4.72. The molecule has 1 rings (SSSR count). The van der Waals surface area contributed by atoms with Gasteiger partial charge in [0.2, 0.25) is 0 Å². The van der Waals surface area contributed by atoms with Gasteiger partial charge in [0.25, 0.3) is 0 Å². The molecular weight excluding hydrogens is 351 g/mol. The zero-order chi connectivity index (χ0) is 14.8. The van der Waals surface area contributed by atoms with E-state index in [9.17, 15) is 0 Å². The van der Waals surface area contributed by atoms with Crippen molar-refractivity contribution < 1.29 is 0 Å². The van der Waals surface area contributed by atoms with Crippen molar-refractivity contribution in [2.45, 2.75) is 72.6 Å². The standard InChI is InChI=1S/C5H5N2.3C4H9.Sn/c6-5-2-1-3-7-4-5;3*1-3-4-2;/h1-3H,6H2;3*1,3-4H2,2H3;. The topological polar surface area (TPSA) is 38.9 Å². The fourth-order valence-electron chi connectivity index (χ4n) is 3.14. The van der Waals surface area contributed by atoms with Crippen molar-refractivity contribution in [1.82, 2.24) is 4.98 Å². The summed E-state index contributed by atoms with van der Waals surface area (Å²) in [7, 11) is 0. The monoisotopic (exact) mass is 384 g/mol. The van der Waals surface area contributed by atoms with Gasteiger partial charge in [0, 0.05) is 0 Å². The number of nitrogens with zero attached hydrogens (tertiary/aromatic N) is 1. The Bertz CT molecular complexity index is 357. The Morgan fingerprint density at radius 1 is 0.950 bits per heavy atom. The molecule has 0 spiro atoms. The van der Waals surface area contributed by atoms with Crippen LogP contribution in [-0.2, 0) is 0 Å². The summed E-state index contributed by atoms with van der Waals surface area (Å²) in [5.74, 6) is 0. The molecule has 0 fully saturated rings. The van der Waals surface area contributed by atoms with Crippen LogP contribution in [0.3, 0.4) is 0 Å². The number of anilines is 1. The van der Waals surface area contributed by atoms with Gasteiger partial charge in [-0.15, -0.1) is 0 Å². The van der Waals surface area contributed by atoms with E-state index in [1.807, 2.05) is 12.3 Å². The van der Waals surface area contributed by atoms with Crippen LogP contribution in [0.5, 0.6) is 0 Å². The number of unbranched alkanes of at least 4 members (excludes halogenated alkanes) is 3. The summed E-state index contributed by atoms with van der Waals surface area (Å²) in [5.41, 5.74) is 7.29. The average molecular weight is 383 g/mol. The normalized spacial score (nSPS) is 11.8. The van der Waals surface area contributed by atoms with E-state index in [1.165, 1.54) is 55.5 Å². The van der Waals surface area contributed by atoms with Gasteiger partial charge in [0.1, 0.15) is 0 Å². The second-order valence-corrected chi connectivity index (χ2v) is 19.0. The molecule has 0 aromatic carbocycles. The van der Waals surface area contributed by atoms with E-state index in [0.717, 1.165) is 5.69 Å². The molecule has 1 aromatic heterocycles. The number of aromatic nitrogens is 1. The van der Waals surface area contributed by atoms with Crippen LogP contribution in [0.25, 0.3) is 0 Å². The second-order valence-electron chi connectivity index (χ2n) is 6.03. The van der Waals surface area contributed by atoms with Crippen LogP contribution in [0, 0.1) is 0 Å². The molecule has 2 nitrogen and oxygen atoms in total. The number of rotatable bonds is 10. The Balaban J connectivity index is 3.08. The Hall–Kier alpha value is -0.251. The number of pyridine rings is 1. The Labute approximate surface area is 129 Å². The van der Waals surface area contributed by atoms with Gasteiger partial charge < -0.3 is 0 Å². The molecule has 0 aliphatic rings. The minimum atomic E-state index is -2.39. The van der Waals surface area contributed by atoms with Crippen LogP contribution in [0.1, 0.15) is 59.3 Å². The molecule has 2 N–H and O–H groups in total. The van der Waals surface area contributed by atoms with Crippen LogP contribution in [0.15, 0.2) is 18.3 Å². The van der Waals surface area contributed by atoms with Gasteiger partial charge in [-0.05, 0) is 0 Å². The van der Waals surface area contributed by atoms with E-state index in [2.05, 4.69) is 26.8 Å². The molecule has 1 heterocycles. The van der Waals surface area contributed by atoms with Crippen LogP contribution in [-0.4, -0.2) is 23.4 Å². The molecule has 0 aliphatic heterocycles. The van der Waals surface area contributed by atoms with Gasteiger partial charge >= 0.3 is 129 Å². The van der Waals surface area contributed by atoms with Crippen molar-refractivity contribution in [3.63, 3.8) is 0 Å². The third-order valence-electron chi connectivity index (χ3n) is 4.37. The van der Waals surface area contributed by atoms with Crippen molar-refractivity contribution in [2.75, 3.05) is 5.73 Å².